The van der Waals surface area contributed by atoms with E-state index in [1.165, 1.54) is 0 Å². The quantitative estimate of drug-likeness (QED) is 0.727. The highest BCUT2D eigenvalue weighted by molar-refractivity contribution is 5.26. The number of hydrogen-bond acceptors (Lipinski definition) is 2. The van der Waals surface area contributed by atoms with Crippen molar-refractivity contribution in [1.82, 2.24) is 4.90 Å². The van der Waals surface area contributed by atoms with Gasteiger partial charge in [-0.15, -0.1) is 0 Å². The van der Waals surface area contributed by atoms with Crippen LogP contribution in [0, 0.1) is 11.3 Å². The second-order valence-electron chi connectivity index (χ2n) is 3.72. The standard InChI is InChI=1S/C12H16N2/c1-10(14(2)3)12(9-13)11-7-5-4-6-8-11/h4-8,10,12H,1-3H3. The number of benzene rings is 1. The predicted octanol–water partition coefficient (Wildman–Crippen LogP) is 2.24. The maximum absolute atomic E-state index is 9.12. The molecule has 2 heteroatoms. The van der Waals surface area contributed by atoms with Crippen molar-refractivity contribution in [3.05, 3.63) is 35.9 Å². The van der Waals surface area contributed by atoms with E-state index in [1.54, 1.807) is 0 Å². The van der Waals surface area contributed by atoms with Crippen LogP contribution in [0.3, 0.4) is 0 Å². The molecular formula is C12H16N2. The normalized spacial score (nSPS) is 14.8. The maximum atomic E-state index is 9.12. The van der Waals surface area contributed by atoms with Crippen molar-refractivity contribution >= 4 is 0 Å². The number of likely N-dealkylation sites (N-methyl/N-ethyl adjacent to an activating group) is 1. The number of nitriles is 1. The summed E-state index contributed by atoms with van der Waals surface area (Å²) >= 11 is 0. The predicted molar refractivity (Wildman–Crippen MR) is 57.9 cm³/mol. The van der Waals surface area contributed by atoms with Gasteiger partial charge in [0.15, 0.2) is 0 Å². The summed E-state index contributed by atoms with van der Waals surface area (Å²) in [6.07, 6.45) is 0. The van der Waals surface area contributed by atoms with Crippen LogP contribution in [0.2, 0.25) is 0 Å². The number of rotatable bonds is 3. The molecule has 0 bridgehead atoms. The first-order valence-corrected chi connectivity index (χ1v) is 4.77. The van der Waals surface area contributed by atoms with Gasteiger partial charge in [-0.2, -0.15) is 5.26 Å². The van der Waals surface area contributed by atoms with Crippen LogP contribution >= 0.6 is 0 Å². The molecule has 1 aromatic rings. The van der Waals surface area contributed by atoms with Gasteiger partial charge in [-0.1, -0.05) is 30.3 Å². The molecule has 0 amide bonds. The Bertz CT molecular complexity index is 311. The second kappa shape index (κ2) is 4.78. The van der Waals surface area contributed by atoms with Crippen LogP contribution in [-0.2, 0) is 0 Å². The monoisotopic (exact) mass is 188 g/mol. The van der Waals surface area contributed by atoms with Gasteiger partial charge in [0.25, 0.3) is 0 Å². The summed E-state index contributed by atoms with van der Waals surface area (Å²) in [5, 5.41) is 9.12. The van der Waals surface area contributed by atoms with Crippen molar-refractivity contribution in [3.63, 3.8) is 0 Å². The first kappa shape index (κ1) is 10.7. The first-order valence-electron chi connectivity index (χ1n) is 4.77. The lowest BCUT2D eigenvalue weighted by molar-refractivity contribution is 0.296. The van der Waals surface area contributed by atoms with Crippen molar-refractivity contribution < 1.29 is 0 Å². The van der Waals surface area contributed by atoms with Crippen molar-refractivity contribution in [1.29, 1.82) is 5.26 Å². The van der Waals surface area contributed by atoms with Gasteiger partial charge in [0.05, 0.1) is 12.0 Å². The van der Waals surface area contributed by atoms with E-state index in [4.69, 9.17) is 5.26 Å². The third-order valence-electron chi connectivity index (χ3n) is 2.59. The summed E-state index contributed by atoms with van der Waals surface area (Å²) in [6, 6.07) is 12.5. The molecule has 0 aliphatic rings. The zero-order chi connectivity index (χ0) is 10.6. The van der Waals surface area contributed by atoms with Crippen molar-refractivity contribution in [3.8, 4) is 6.07 Å². The molecule has 1 aromatic carbocycles. The van der Waals surface area contributed by atoms with Gasteiger partial charge >= 0.3 is 0 Å². The summed E-state index contributed by atoms with van der Waals surface area (Å²) in [5.41, 5.74) is 1.09. The molecule has 0 saturated heterocycles. The zero-order valence-corrected chi connectivity index (χ0v) is 8.94. The minimum Gasteiger partial charge on any atom is -0.305 e. The van der Waals surface area contributed by atoms with E-state index < -0.39 is 0 Å². The summed E-state index contributed by atoms with van der Waals surface area (Å²) in [6.45, 7) is 2.07. The molecule has 0 aliphatic carbocycles. The van der Waals surface area contributed by atoms with Gasteiger partial charge in [-0.05, 0) is 26.6 Å². The highest BCUT2D eigenvalue weighted by Crippen LogP contribution is 2.20. The highest BCUT2D eigenvalue weighted by Gasteiger charge is 2.19. The Balaban J connectivity index is 2.89. The smallest absolute Gasteiger partial charge is 0.0865 e. The fraction of sp³-hybridized carbons (Fsp3) is 0.417. The van der Waals surface area contributed by atoms with Gasteiger partial charge in [0, 0.05) is 6.04 Å². The van der Waals surface area contributed by atoms with Gasteiger partial charge in [-0.3, -0.25) is 0 Å². The molecule has 1 rings (SSSR count). The summed E-state index contributed by atoms with van der Waals surface area (Å²) in [7, 11) is 4.00. The van der Waals surface area contributed by atoms with Crippen molar-refractivity contribution in [2.24, 2.45) is 0 Å². The Kier molecular flexibility index (Phi) is 3.67. The first-order chi connectivity index (χ1) is 6.66. The maximum Gasteiger partial charge on any atom is 0.0865 e. The molecule has 0 aliphatic heterocycles. The molecule has 0 aromatic heterocycles. The van der Waals surface area contributed by atoms with Crippen LogP contribution in [0.5, 0.6) is 0 Å². The van der Waals surface area contributed by atoms with Crippen LogP contribution in [0.25, 0.3) is 0 Å². The summed E-state index contributed by atoms with van der Waals surface area (Å²) < 4.78 is 0. The van der Waals surface area contributed by atoms with Gasteiger partial charge < -0.3 is 4.90 Å². The molecule has 0 radical (unpaired) electrons. The molecule has 14 heavy (non-hydrogen) atoms. The zero-order valence-electron chi connectivity index (χ0n) is 8.94. The fourth-order valence-electron chi connectivity index (χ4n) is 1.42. The molecule has 0 N–H and O–H groups in total. The number of nitrogens with zero attached hydrogens (tertiary/aromatic N) is 2. The third-order valence-corrected chi connectivity index (χ3v) is 2.59. The largest absolute Gasteiger partial charge is 0.305 e. The molecule has 2 atom stereocenters. The van der Waals surface area contributed by atoms with Crippen LogP contribution in [0.4, 0.5) is 0 Å². The Morgan fingerprint density at radius 2 is 1.79 bits per heavy atom. The highest BCUT2D eigenvalue weighted by atomic mass is 15.1. The lowest BCUT2D eigenvalue weighted by atomic mass is 9.93. The second-order valence-corrected chi connectivity index (χ2v) is 3.72. The lowest BCUT2D eigenvalue weighted by Crippen LogP contribution is -2.30. The molecule has 74 valence electrons. The minimum atomic E-state index is -0.0498. The van der Waals surface area contributed by atoms with Crippen LogP contribution < -0.4 is 0 Å². The van der Waals surface area contributed by atoms with Gasteiger partial charge in [0.1, 0.15) is 0 Å². The minimum absolute atomic E-state index is 0.0498. The Labute approximate surface area is 85.8 Å². The van der Waals surface area contributed by atoms with Crippen LogP contribution in [-0.4, -0.2) is 25.0 Å². The van der Waals surface area contributed by atoms with E-state index in [2.05, 4.69) is 17.9 Å². The van der Waals surface area contributed by atoms with Gasteiger partial charge in [0.2, 0.25) is 0 Å². The molecule has 0 saturated carbocycles. The topological polar surface area (TPSA) is 27.0 Å². The van der Waals surface area contributed by atoms with Gasteiger partial charge in [-0.25, -0.2) is 0 Å². The van der Waals surface area contributed by atoms with E-state index in [9.17, 15) is 0 Å². The molecule has 2 unspecified atom stereocenters. The van der Waals surface area contributed by atoms with Crippen molar-refractivity contribution in [2.75, 3.05) is 14.1 Å². The van der Waals surface area contributed by atoms with Crippen LogP contribution in [0.1, 0.15) is 18.4 Å². The lowest BCUT2D eigenvalue weighted by Gasteiger charge is -2.24. The average Bonchev–Trinajstić information content (AvgIpc) is 2.20. The molecule has 2 nitrogen and oxygen atoms in total. The summed E-state index contributed by atoms with van der Waals surface area (Å²) in [5.74, 6) is -0.0498. The molecule has 0 heterocycles. The molecule has 0 fully saturated rings. The third kappa shape index (κ3) is 2.34. The molecule has 0 spiro atoms. The van der Waals surface area contributed by atoms with Crippen LogP contribution in [0.15, 0.2) is 30.3 Å². The number of hydrogen-bond donors (Lipinski definition) is 0. The van der Waals surface area contributed by atoms with E-state index in [1.807, 2.05) is 44.4 Å². The van der Waals surface area contributed by atoms with E-state index in [0.29, 0.717) is 0 Å². The van der Waals surface area contributed by atoms with Crippen molar-refractivity contribution in [2.45, 2.75) is 18.9 Å². The Morgan fingerprint density at radius 3 is 2.21 bits per heavy atom. The molecular weight excluding hydrogens is 172 g/mol. The average molecular weight is 188 g/mol. The van der Waals surface area contributed by atoms with E-state index in [-0.39, 0.29) is 12.0 Å². The van der Waals surface area contributed by atoms with E-state index in [0.717, 1.165) is 5.56 Å². The Morgan fingerprint density at radius 1 is 1.21 bits per heavy atom. The van der Waals surface area contributed by atoms with E-state index >= 15 is 0 Å². The summed E-state index contributed by atoms with van der Waals surface area (Å²) in [4.78, 5) is 2.07. The fourth-order valence-corrected chi connectivity index (χ4v) is 1.42. The Hall–Kier alpha value is -1.33. The SMILES string of the molecule is CC(C(C#N)c1ccccc1)N(C)C.